The third-order valence-corrected chi connectivity index (χ3v) is 2.20. The third-order valence-electron chi connectivity index (χ3n) is 1.55. The highest BCUT2D eigenvalue weighted by molar-refractivity contribution is 7.98. The quantitative estimate of drug-likeness (QED) is 0.660. The Labute approximate surface area is 73.1 Å². The molecule has 0 aliphatic heterocycles. The summed E-state index contributed by atoms with van der Waals surface area (Å²) in [5, 5.41) is 3.15. The molecule has 0 radical (unpaired) electrons. The van der Waals surface area contributed by atoms with Gasteiger partial charge in [0, 0.05) is 0 Å². The van der Waals surface area contributed by atoms with Crippen molar-refractivity contribution in [1.82, 2.24) is 5.32 Å². The van der Waals surface area contributed by atoms with Crippen molar-refractivity contribution in [3.8, 4) is 0 Å². The highest BCUT2D eigenvalue weighted by Crippen LogP contribution is 2.01. The molecular weight excluding hydrogens is 158 g/mol. The van der Waals surface area contributed by atoms with E-state index in [-0.39, 0.29) is 11.8 Å². The second kappa shape index (κ2) is 6.68. The van der Waals surface area contributed by atoms with Crippen LogP contribution in [0.25, 0.3) is 0 Å². The van der Waals surface area contributed by atoms with E-state index in [9.17, 15) is 4.79 Å². The predicted molar refractivity (Wildman–Crippen MR) is 51.1 cm³/mol. The highest BCUT2D eigenvalue weighted by atomic mass is 32.2. The maximum absolute atomic E-state index is 11.0. The van der Waals surface area contributed by atoms with Gasteiger partial charge in [-0.15, -0.1) is 0 Å². The molecule has 1 N–H and O–H groups in total. The number of Topliss-reactive ketones (excluding diaryl/α,β-unsaturated/α-hetero) is 1. The van der Waals surface area contributed by atoms with E-state index in [1.54, 1.807) is 18.7 Å². The van der Waals surface area contributed by atoms with Crippen molar-refractivity contribution < 1.29 is 4.79 Å². The van der Waals surface area contributed by atoms with Crippen LogP contribution in [0, 0.1) is 0 Å². The molecule has 0 aromatic rings. The van der Waals surface area contributed by atoms with Gasteiger partial charge in [-0.3, -0.25) is 4.79 Å². The molecular formula is C8H17NOS. The average molecular weight is 175 g/mol. The maximum Gasteiger partial charge on any atom is 0.146 e. The molecule has 1 unspecified atom stereocenters. The van der Waals surface area contributed by atoms with Crippen LogP contribution in [0.3, 0.4) is 0 Å². The van der Waals surface area contributed by atoms with Crippen LogP contribution >= 0.6 is 11.8 Å². The Hall–Kier alpha value is -0.0200. The first-order chi connectivity index (χ1) is 5.22. The monoisotopic (exact) mass is 175 g/mol. The molecule has 0 spiro atoms. The van der Waals surface area contributed by atoms with Crippen molar-refractivity contribution in [2.45, 2.75) is 26.3 Å². The van der Waals surface area contributed by atoms with Crippen molar-refractivity contribution in [2.24, 2.45) is 0 Å². The summed E-state index contributed by atoms with van der Waals surface area (Å²) in [6.45, 7) is 4.54. The van der Waals surface area contributed by atoms with Gasteiger partial charge in [-0.05, 0) is 31.9 Å². The lowest BCUT2D eigenvalue weighted by atomic mass is 10.1. The molecule has 0 aromatic carbocycles. The number of hydrogen-bond acceptors (Lipinski definition) is 3. The lowest BCUT2D eigenvalue weighted by Gasteiger charge is -2.12. The smallest absolute Gasteiger partial charge is 0.146 e. The molecule has 11 heavy (non-hydrogen) atoms. The van der Waals surface area contributed by atoms with Crippen LogP contribution in [0.5, 0.6) is 0 Å². The lowest BCUT2D eigenvalue weighted by Crippen LogP contribution is -2.35. The SMILES string of the molecule is CCNC(CCSC)C(C)=O. The molecule has 2 nitrogen and oxygen atoms in total. The average Bonchev–Trinajstić information content (AvgIpc) is 1.97. The molecule has 0 heterocycles. The Morgan fingerprint density at radius 2 is 2.27 bits per heavy atom. The van der Waals surface area contributed by atoms with Crippen LogP contribution in [-0.2, 0) is 4.79 Å². The van der Waals surface area contributed by atoms with Gasteiger partial charge in [0.05, 0.1) is 6.04 Å². The van der Waals surface area contributed by atoms with Gasteiger partial charge >= 0.3 is 0 Å². The van der Waals surface area contributed by atoms with Gasteiger partial charge in [0.1, 0.15) is 5.78 Å². The zero-order valence-corrected chi connectivity index (χ0v) is 8.33. The summed E-state index contributed by atoms with van der Waals surface area (Å²) in [5.41, 5.74) is 0. The van der Waals surface area contributed by atoms with Gasteiger partial charge < -0.3 is 5.32 Å². The summed E-state index contributed by atoms with van der Waals surface area (Å²) in [5.74, 6) is 1.30. The normalized spacial score (nSPS) is 13.0. The first-order valence-corrected chi connectivity index (χ1v) is 5.34. The van der Waals surface area contributed by atoms with E-state index < -0.39 is 0 Å². The molecule has 3 heteroatoms. The van der Waals surface area contributed by atoms with Crippen molar-refractivity contribution in [3.05, 3.63) is 0 Å². The number of nitrogens with one attached hydrogen (secondary N) is 1. The van der Waals surface area contributed by atoms with Crippen molar-refractivity contribution in [1.29, 1.82) is 0 Å². The molecule has 0 aromatic heterocycles. The van der Waals surface area contributed by atoms with Crippen molar-refractivity contribution in [3.63, 3.8) is 0 Å². The molecule has 0 aliphatic rings. The molecule has 66 valence electrons. The molecule has 0 fully saturated rings. The topological polar surface area (TPSA) is 29.1 Å². The largest absolute Gasteiger partial charge is 0.308 e. The van der Waals surface area contributed by atoms with Gasteiger partial charge in [0.2, 0.25) is 0 Å². The summed E-state index contributed by atoms with van der Waals surface area (Å²) in [6, 6.07) is 0.0763. The van der Waals surface area contributed by atoms with Crippen LogP contribution in [0.2, 0.25) is 0 Å². The number of rotatable bonds is 6. The predicted octanol–water partition coefficient (Wildman–Crippen LogP) is 1.31. The Morgan fingerprint density at radius 3 is 2.64 bits per heavy atom. The fourth-order valence-electron chi connectivity index (χ4n) is 0.931. The first-order valence-electron chi connectivity index (χ1n) is 3.95. The minimum absolute atomic E-state index is 0.0763. The molecule has 0 saturated heterocycles. The summed E-state index contributed by atoms with van der Waals surface area (Å²) >= 11 is 1.78. The first kappa shape index (κ1) is 11.0. The van der Waals surface area contributed by atoms with Crippen molar-refractivity contribution >= 4 is 17.5 Å². The van der Waals surface area contributed by atoms with Gasteiger partial charge in [-0.25, -0.2) is 0 Å². The van der Waals surface area contributed by atoms with Gasteiger partial charge in [-0.1, -0.05) is 6.92 Å². The van der Waals surface area contributed by atoms with Crippen molar-refractivity contribution in [2.75, 3.05) is 18.6 Å². The number of ketones is 1. The summed E-state index contributed by atoms with van der Waals surface area (Å²) in [4.78, 5) is 11.0. The Kier molecular flexibility index (Phi) is 6.66. The number of carbonyl (C=O) groups excluding carboxylic acids is 1. The van der Waals surface area contributed by atoms with E-state index in [2.05, 4.69) is 11.6 Å². The number of carbonyl (C=O) groups is 1. The number of thioether (sulfide) groups is 1. The van der Waals surface area contributed by atoms with E-state index in [0.29, 0.717) is 0 Å². The van der Waals surface area contributed by atoms with Gasteiger partial charge in [-0.2, -0.15) is 11.8 Å². The van der Waals surface area contributed by atoms with Crippen LogP contribution in [0.15, 0.2) is 0 Å². The van der Waals surface area contributed by atoms with E-state index in [0.717, 1.165) is 18.7 Å². The maximum atomic E-state index is 11.0. The fraction of sp³-hybridized carbons (Fsp3) is 0.875. The van der Waals surface area contributed by atoms with Gasteiger partial charge in [0.15, 0.2) is 0 Å². The molecule has 0 bridgehead atoms. The van der Waals surface area contributed by atoms with Crippen LogP contribution in [0.4, 0.5) is 0 Å². The Morgan fingerprint density at radius 1 is 1.64 bits per heavy atom. The molecule has 1 atom stereocenters. The third kappa shape index (κ3) is 5.27. The Balaban J connectivity index is 3.60. The van der Waals surface area contributed by atoms with E-state index in [1.807, 2.05) is 6.92 Å². The summed E-state index contributed by atoms with van der Waals surface area (Å²) < 4.78 is 0. The van der Waals surface area contributed by atoms with E-state index >= 15 is 0 Å². The minimum Gasteiger partial charge on any atom is -0.308 e. The summed E-state index contributed by atoms with van der Waals surface area (Å²) in [7, 11) is 0. The molecule has 0 aliphatic carbocycles. The summed E-state index contributed by atoms with van der Waals surface area (Å²) in [6.07, 6.45) is 3.01. The second-order valence-corrected chi connectivity index (χ2v) is 3.49. The Bertz CT molecular complexity index is 117. The standard InChI is InChI=1S/C8H17NOS/c1-4-9-8(7(2)10)5-6-11-3/h8-9H,4-6H2,1-3H3. The second-order valence-electron chi connectivity index (χ2n) is 2.50. The fourth-order valence-corrected chi connectivity index (χ4v) is 1.40. The molecule has 0 saturated carbocycles. The van der Waals surface area contributed by atoms with Crippen LogP contribution < -0.4 is 5.32 Å². The highest BCUT2D eigenvalue weighted by Gasteiger charge is 2.10. The molecule has 0 rings (SSSR count). The number of likely N-dealkylation sites (N-methyl/N-ethyl adjacent to an activating group) is 1. The van der Waals surface area contributed by atoms with Crippen LogP contribution in [0.1, 0.15) is 20.3 Å². The number of hydrogen-bond donors (Lipinski definition) is 1. The zero-order valence-electron chi connectivity index (χ0n) is 7.52. The van der Waals surface area contributed by atoms with E-state index in [4.69, 9.17) is 0 Å². The van der Waals surface area contributed by atoms with Gasteiger partial charge in [0.25, 0.3) is 0 Å². The van der Waals surface area contributed by atoms with Crippen LogP contribution in [-0.4, -0.2) is 30.4 Å². The zero-order chi connectivity index (χ0) is 8.69. The minimum atomic E-state index is 0.0763. The van der Waals surface area contributed by atoms with E-state index in [1.165, 1.54) is 0 Å². The molecule has 0 amide bonds. The lowest BCUT2D eigenvalue weighted by molar-refractivity contribution is -0.119.